The normalized spacial score (nSPS) is 22.8. The highest BCUT2D eigenvalue weighted by Crippen LogP contribution is 2.53. The van der Waals surface area contributed by atoms with Crippen LogP contribution in [0.5, 0.6) is 0 Å². The molecule has 14 heteroatoms. The molecule has 0 saturated heterocycles. The van der Waals surface area contributed by atoms with Crippen molar-refractivity contribution in [1.29, 1.82) is 0 Å². The zero-order valence-electron chi connectivity index (χ0n) is 23.6. The Morgan fingerprint density at radius 1 is 1.07 bits per heavy atom. The summed E-state index contributed by atoms with van der Waals surface area (Å²) in [5.41, 5.74) is 1.57. The maximum atomic E-state index is 14.5. The van der Waals surface area contributed by atoms with Crippen LogP contribution >= 0.6 is 22.9 Å². The first-order chi connectivity index (χ1) is 21.4. The highest BCUT2D eigenvalue weighted by Gasteiger charge is 2.53. The predicted molar refractivity (Wildman–Crippen MR) is 164 cm³/mol. The number of thiazole rings is 1. The minimum Gasteiger partial charge on any atom is -0.290 e. The minimum absolute atomic E-state index is 0.0350. The number of alkyl halides is 3. The topological polar surface area (TPSA) is 81.0 Å². The number of aromatic nitrogens is 4. The molecule has 234 valence electrons. The van der Waals surface area contributed by atoms with E-state index in [1.807, 2.05) is 10.4 Å². The first-order valence-electron chi connectivity index (χ1n) is 14.3. The Balaban J connectivity index is 1.32. The first-order valence-corrected chi connectivity index (χ1v) is 17.1. The van der Waals surface area contributed by atoms with E-state index in [1.54, 1.807) is 35.1 Å². The maximum absolute atomic E-state index is 14.5. The number of rotatable bonds is 7. The zero-order chi connectivity index (χ0) is 31.7. The minimum atomic E-state index is -4.63. The number of pyridine rings is 1. The van der Waals surface area contributed by atoms with Crippen LogP contribution in [0.4, 0.5) is 17.6 Å². The van der Waals surface area contributed by atoms with Gasteiger partial charge in [-0.2, -0.15) is 18.3 Å². The molecule has 7 nitrogen and oxygen atoms in total. The summed E-state index contributed by atoms with van der Waals surface area (Å²) in [5, 5.41) is 4.97. The van der Waals surface area contributed by atoms with Gasteiger partial charge < -0.3 is 0 Å². The van der Waals surface area contributed by atoms with Gasteiger partial charge in [0.15, 0.2) is 5.01 Å². The third-order valence-corrected chi connectivity index (χ3v) is 12.2. The molecule has 1 aromatic carbocycles. The summed E-state index contributed by atoms with van der Waals surface area (Å²) < 4.78 is 72.3. The second-order valence-corrected chi connectivity index (χ2v) is 15.3. The van der Waals surface area contributed by atoms with Crippen LogP contribution in [0.1, 0.15) is 58.0 Å². The van der Waals surface area contributed by atoms with Crippen LogP contribution in [0.25, 0.3) is 11.8 Å². The molecule has 7 rings (SSSR count). The molecule has 2 fully saturated rings. The number of ketones is 1. The van der Waals surface area contributed by atoms with E-state index in [0.717, 1.165) is 29.7 Å². The number of carbonyl (C=O) groups excluding carboxylic acids is 1. The van der Waals surface area contributed by atoms with E-state index < -0.39 is 37.8 Å². The molecule has 3 heterocycles. The second-order valence-electron chi connectivity index (χ2n) is 11.7. The van der Waals surface area contributed by atoms with Crippen molar-refractivity contribution in [2.45, 2.75) is 61.8 Å². The van der Waals surface area contributed by atoms with Crippen molar-refractivity contribution in [3.05, 3.63) is 92.5 Å². The van der Waals surface area contributed by atoms with Gasteiger partial charge in [0, 0.05) is 18.3 Å². The molecule has 0 amide bonds. The second kappa shape index (κ2) is 10.9. The zero-order valence-corrected chi connectivity index (χ0v) is 26.0. The number of nitrogens with zero attached hydrogens (tertiary/aromatic N) is 5. The first kappa shape index (κ1) is 30.3. The molecule has 0 spiro atoms. The molecule has 45 heavy (non-hydrogen) atoms. The van der Waals surface area contributed by atoms with Crippen molar-refractivity contribution in [2.75, 3.05) is 0 Å². The Morgan fingerprint density at radius 2 is 1.82 bits per heavy atom. The fraction of sp³-hybridized carbons (Fsp3) is 0.323. The van der Waals surface area contributed by atoms with Crippen LogP contribution in [0.2, 0.25) is 5.02 Å². The third kappa shape index (κ3) is 5.33. The smallest absolute Gasteiger partial charge is 0.290 e. The largest absolute Gasteiger partial charge is 0.427 e. The van der Waals surface area contributed by atoms with Crippen molar-refractivity contribution in [1.82, 2.24) is 24.1 Å². The van der Waals surface area contributed by atoms with E-state index in [1.165, 1.54) is 18.3 Å². The highest BCUT2D eigenvalue weighted by atomic mass is 35.5. The number of halogens is 5. The summed E-state index contributed by atoms with van der Waals surface area (Å²) in [5.74, 6) is 3.22. The Bertz CT molecular complexity index is 1930. The Kier molecular flexibility index (Phi) is 7.30. The molecule has 0 bridgehead atoms. The highest BCUT2D eigenvalue weighted by molar-refractivity contribution is 7.98. The lowest BCUT2D eigenvalue weighted by atomic mass is 9.61. The van der Waals surface area contributed by atoms with Crippen LogP contribution < -0.4 is 0 Å². The standard InChI is InChI=1S/C31H26ClF4N5O2S2/c1-45(43,27-11-3-20(32)16-37-27)41(23-9-10-23)24-6-2-19-12-25-18(15-39-40(25)22-7-4-21(33)5-8-22)13-30(19,14-24)28(42)29-38-17-26(44-29)31(34,35)36/h3-5,7-8,11-12,15-17,23-24H,1-2,6,9-10,13-14H2/t24-,30-,45?/m0/s1. The van der Waals surface area contributed by atoms with Gasteiger partial charge in [0.05, 0.1) is 43.9 Å². The summed E-state index contributed by atoms with van der Waals surface area (Å²) in [6.45, 7) is 0. The molecule has 3 aliphatic rings. The monoisotopic (exact) mass is 675 g/mol. The van der Waals surface area contributed by atoms with Crippen LogP contribution in [0, 0.1) is 11.2 Å². The SMILES string of the molecule is C=S(=O)(c1ccc(Cl)cn1)N(C1CC1)[C@H]1CCC2=Cc3c(cnn3-c3ccc(F)cc3)C[C@]2(C(=O)c2ncc(C(F)(F)F)s2)C1. The number of fused-ring (bicyclic) bond motifs is 2. The van der Waals surface area contributed by atoms with Gasteiger partial charge in [0.1, 0.15) is 15.7 Å². The summed E-state index contributed by atoms with van der Waals surface area (Å²) in [6.07, 6.45) is 3.94. The van der Waals surface area contributed by atoms with E-state index in [-0.39, 0.29) is 35.0 Å². The van der Waals surface area contributed by atoms with Gasteiger partial charge in [-0.15, -0.1) is 11.3 Å². The summed E-state index contributed by atoms with van der Waals surface area (Å²) in [7, 11) is -3.10. The van der Waals surface area contributed by atoms with Gasteiger partial charge in [-0.05, 0) is 92.4 Å². The fourth-order valence-corrected chi connectivity index (χ4v) is 9.57. The van der Waals surface area contributed by atoms with E-state index in [0.29, 0.717) is 41.1 Å². The van der Waals surface area contributed by atoms with Crippen molar-refractivity contribution in [3.63, 3.8) is 0 Å². The van der Waals surface area contributed by atoms with Gasteiger partial charge in [0.2, 0.25) is 5.78 Å². The molecule has 1 unspecified atom stereocenters. The van der Waals surface area contributed by atoms with Gasteiger partial charge >= 0.3 is 6.18 Å². The molecule has 0 aliphatic heterocycles. The number of allylic oxidation sites excluding steroid dienone is 1. The molecule has 4 aromatic rings. The van der Waals surface area contributed by atoms with Crippen LogP contribution in [-0.2, 0) is 22.3 Å². The van der Waals surface area contributed by atoms with Crippen molar-refractivity contribution >= 4 is 50.4 Å². The lowest BCUT2D eigenvalue weighted by molar-refractivity contribution is -0.134. The quantitative estimate of drug-likeness (QED) is 0.119. The average molecular weight is 676 g/mol. The average Bonchev–Trinajstić information content (AvgIpc) is 3.52. The number of hydrogen-bond donors (Lipinski definition) is 0. The van der Waals surface area contributed by atoms with E-state index >= 15 is 0 Å². The molecule has 3 aliphatic carbocycles. The summed E-state index contributed by atoms with van der Waals surface area (Å²) in [6, 6.07) is 8.64. The van der Waals surface area contributed by atoms with Crippen LogP contribution in [-0.4, -0.2) is 52.0 Å². The number of carbonyl (C=O) groups is 1. The lowest BCUT2D eigenvalue weighted by Crippen LogP contribution is -2.51. The Hall–Kier alpha value is -3.39. The maximum Gasteiger partial charge on any atom is 0.427 e. The third-order valence-electron chi connectivity index (χ3n) is 8.75. The Labute approximate surface area is 265 Å². The molecule has 2 saturated carbocycles. The summed E-state index contributed by atoms with van der Waals surface area (Å²) >= 11 is 6.37. The van der Waals surface area contributed by atoms with E-state index in [9.17, 15) is 26.6 Å². The number of Topliss-reactive ketones (excluding diaryl/α,β-unsaturated/α-hetero) is 1. The van der Waals surface area contributed by atoms with Crippen molar-refractivity contribution < 1.29 is 26.6 Å². The summed E-state index contributed by atoms with van der Waals surface area (Å²) in [4.78, 5) is 21.8. The van der Waals surface area contributed by atoms with Gasteiger partial charge in [0.25, 0.3) is 0 Å². The lowest BCUT2D eigenvalue weighted by Gasteiger charge is -2.47. The predicted octanol–water partition coefficient (Wildman–Crippen LogP) is 7.05. The van der Waals surface area contributed by atoms with Gasteiger partial charge in [-0.25, -0.2) is 27.6 Å². The molecule has 0 radical (unpaired) electrons. The van der Waals surface area contributed by atoms with Crippen molar-refractivity contribution in [2.24, 2.45) is 5.41 Å². The van der Waals surface area contributed by atoms with Crippen LogP contribution in [0.3, 0.4) is 0 Å². The molecular formula is C31H26ClF4N5O2S2. The van der Waals surface area contributed by atoms with Crippen molar-refractivity contribution in [3.8, 4) is 5.69 Å². The van der Waals surface area contributed by atoms with E-state index in [4.69, 9.17) is 11.6 Å². The number of benzene rings is 1. The van der Waals surface area contributed by atoms with Gasteiger partial charge in [-0.3, -0.25) is 4.79 Å². The van der Waals surface area contributed by atoms with Crippen LogP contribution in [0.15, 0.2) is 65.6 Å². The molecule has 3 atom stereocenters. The Morgan fingerprint density at radius 3 is 2.47 bits per heavy atom. The number of hydrogen-bond acceptors (Lipinski definition) is 6. The fourth-order valence-electron chi connectivity index (χ4n) is 6.57. The van der Waals surface area contributed by atoms with Gasteiger partial charge in [-0.1, -0.05) is 17.2 Å². The molecule has 0 N–H and O–H groups in total. The molecule has 3 aromatic heterocycles. The van der Waals surface area contributed by atoms with E-state index in [2.05, 4.69) is 20.9 Å². The molecular weight excluding hydrogens is 650 g/mol.